The average Bonchev–Trinajstić information content (AvgIpc) is 2.34. The van der Waals surface area contributed by atoms with Crippen LogP contribution in [0.2, 0.25) is 5.02 Å². The number of nitrogens with zero attached hydrogens (tertiary/aromatic N) is 1. The Bertz CT molecular complexity index is 598. The summed E-state index contributed by atoms with van der Waals surface area (Å²) in [6.45, 7) is 1.84. The average molecular weight is 264 g/mol. The molecule has 0 fully saturated rings. The Morgan fingerprint density at radius 1 is 1.39 bits per heavy atom. The molecule has 1 aromatic carbocycles. The fourth-order valence-electron chi connectivity index (χ4n) is 1.69. The highest BCUT2D eigenvalue weighted by Crippen LogP contribution is 2.17. The third-order valence-electron chi connectivity index (χ3n) is 2.69. The van der Waals surface area contributed by atoms with Gasteiger partial charge in [-0.3, -0.25) is 9.78 Å². The molecule has 0 saturated heterocycles. The van der Waals surface area contributed by atoms with Crippen molar-refractivity contribution in [2.24, 2.45) is 0 Å². The van der Waals surface area contributed by atoms with Crippen LogP contribution in [0.15, 0.2) is 36.7 Å². The molecule has 0 aliphatic carbocycles. The van der Waals surface area contributed by atoms with Gasteiger partial charge >= 0.3 is 0 Å². The lowest BCUT2D eigenvalue weighted by atomic mass is 10.0. The summed E-state index contributed by atoms with van der Waals surface area (Å²) in [5.41, 5.74) is 2.03. The molecule has 0 saturated carbocycles. The van der Waals surface area contributed by atoms with E-state index in [0.717, 1.165) is 5.56 Å². The number of carbonyl (C=O) groups is 1. The van der Waals surface area contributed by atoms with Gasteiger partial charge in [-0.25, -0.2) is 4.39 Å². The van der Waals surface area contributed by atoms with E-state index in [1.165, 1.54) is 18.3 Å². The van der Waals surface area contributed by atoms with Gasteiger partial charge in [0.25, 0.3) is 0 Å². The molecule has 0 atom stereocenters. The summed E-state index contributed by atoms with van der Waals surface area (Å²) in [5.74, 6) is -0.591. The van der Waals surface area contributed by atoms with Crippen molar-refractivity contribution in [1.82, 2.24) is 4.98 Å². The molecule has 0 aliphatic rings. The number of benzene rings is 1. The van der Waals surface area contributed by atoms with Crippen LogP contribution in [0.25, 0.3) is 0 Å². The monoisotopic (exact) mass is 263 g/mol. The zero-order valence-electron chi connectivity index (χ0n) is 9.78. The first-order valence-electron chi connectivity index (χ1n) is 5.45. The summed E-state index contributed by atoms with van der Waals surface area (Å²) in [7, 11) is 0. The number of hydrogen-bond donors (Lipinski definition) is 0. The van der Waals surface area contributed by atoms with E-state index in [9.17, 15) is 9.18 Å². The Kier molecular flexibility index (Phi) is 3.72. The van der Waals surface area contributed by atoms with Crippen molar-refractivity contribution < 1.29 is 9.18 Å². The highest BCUT2D eigenvalue weighted by molar-refractivity contribution is 6.30. The van der Waals surface area contributed by atoms with Crippen molar-refractivity contribution in [2.75, 3.05) is 0 Å². The minimum Gasteiger partial charge on any atom is -0.294 e. The van der Waals surface area contributed by atoms with Crippen molar-refractivity contribution in [3.63, 3.8) is 0 Å². The van der Waals surface area contributed by atoms with Gasteiger partial charge in [-0.15, -0.1) is 0 Å². The SMILES string of the molecule is Cc1ccncc1C(=O)Cc1ccc(Cl)c(F)c1. The van der Waals surface area contributed by atoms with Crippen molar-refractivity contribution in [2.45, 2.75) is 13.3 Å². The van der Waals surface area contributed by atoms with Crippen LogP contribution in [-0.4, -0.2) is 10.8 Å². The Balaban J connectivity index is 2.22. The smallest absolute Gasteiger partial charge is 0.169 e. The molecule has 0 unspecified atom stereocenters. The molecule has 2 aromatic rings. The Morgan fingerprint density at radius 3 is 2.83 bits per heavy atom. The summed E-state index contributed by atoms with van der Waals surface area (Å²) >= 11 is 5.59. The number of aryl methyl sites for hydroxylation is 1. The van der Waals surface area contributed by atoms with E-state index in [1.807, 2.05) is 6.92 Å². The highest BCUT2D eigenvalue weighted by Gasteiger charge is 2.11. The number of pyridine rings is 1. The first kappa shape index (κ1) is 12.7. The van der Waals surface area contributed by atoms with Gasteiger partial charge in [-0.1, -0.05) is 17.7 Å². The third kappa shape index (κ3) is 2.74. The largest absolute Gasteiger partial charge is 0.294 e. The van der Waals surface area contributed by atoms with E-state index < -0.39 is 5.82 Å². The number of carbonyl (C=O) groups excluding carboxylic acids is 1. The molecule has 1 heterocycles. The van der Waals surface area contributed by atoms with Gasteiger partial charge in [-0.05, 0) is 36.2 Å². The molecule has 92 valence electrons. The second kappa shape index (κ2) is 5.27. The van der Waals surface area contributed by atoms with Gasteiger partial charge in [-0.2, -0.15) is 0 Å². The van der Waals surface area contributed by atoms with Gasteiger partial charge in [0.1, 0.15) is 5.82 Å². The van der Waals surface area contributed by atoms with Crippen LogP contribution >= 0.6 is 11.6 Å². The zero-order valence-corrected chi connectivity index (χ0v) is 10.5. The first-order chi connectivity index (χ1) is 8.58. The van der Waals surface area contributed by atoms with Gasteiger partial charge in [0.15, 0.2) is 5.78 Å². The maximum atomic E-state index is 13.3. The molecule has 2 nitrogen and oxygen atoms in total. The van der Waals surface area contributed by atoms with E-state index in [-0.39, 0.29) is 17.2 Å². The second-order valence-electron chi connectivity index (χ2n) is 4.04. The molecule has 0 amide bonds. The van der Waals surface area contributed by atoms with Crippen LogP contribution in [0.4, 0.5) is 4.39 Å². The second-order valence-corrected chi connectivity index (χ2v) is 4.45. The highest BCUT2D eigenvalue weighted by atomic mass is 35.5. The fraction of sp³-hybridized carbons (Fsp3) is 0.143. The molecular weight excluding hydrogens is 253 g/mol. The van der Waals surface area contributed by atoms with Gasteiger partial charge in [0, 0.05) is 24.4 Å². The predicted molar refractivity (Wildman–Crippen MR) is 68.4 cm³/mol. The van der Waals surface area contributed by atoms with Crippen LogP contribution in [0, 0.1) is 12.7 Å². The van der Waals surface area contributed by atoms with Crippen LogP contribution in [-0.2, 0) is 6.42 Å². The number of hydrogen-bond acceptors (Lipinski definition) is 2. The van der Waals surface area contributed by atoms with Gasteiger partial charge < -0.3 is 0 Å². The molecule has 0 radical (unpaired) electrons. The lowest BCUT2D eigenvalue weighted by Crippen LogP contribution is -2.06. The lowest BCUT2D eigenvalue weighted by molar-refractivity contribution is 0.0992. The van der Waals surface area contributed by atoms with E-state index in [0.29, 0.717) is 11.1 Å². The molecule has 0 bridgehead atoms. The molecule has 0 N–H and O–H groups in total. The van der Waals surface area contributed by atoms with Crippen LogP contribution in [0.1, 0.15) is 21.5 Å². The lowest BCUT2D eigenvalue weighted by Gasteiger charge is -2.05. The zero-order chi connectivity index (χ0) is 13.1. The summed E-state index contributed by atoms with van der Waals surface area (Å²) in [5, 5.41) is 0.0590. The van der Waals surface area contributed by atoms with E-state index >= 15 is 0 Å². The fourth-order valence-corrected chi connectivity index (χ4v) is 1.80. The van der Waals surface area contributed by atoms with Crippen molar-refractivity contribution in [1.29, 1.82) is 0 Å². The topological polar surface area (TPSA) is 30.0 Å². The normalized spacial score (nSPS) is 10.4. The minimum absolute atomic E-state index is 0.0590. The summed E-state index contributed by atoms with van der Waals surface area (Å²) in [6.07, 6.45) is 3.30. The van der Waals surface area contributed by atoms with Crippen molar-refractivity contribution in [3.05, 3.63) is 64.2 Å². The number of halogens is 2. The molecule has 4 heteroatoms. The summed E-state index contributed by atoms with van der Waals surface area (Å²) < 4.78 is 13.3. The van der Waals surface area contributed by atoms with Crippen molar-refractivity contribution in [3.8, 4) is 0 Å². The summed E-state index contributed by atoms with van der Waals surface area (Å²) in [6, 6.07) is 6.16. The van der Waals surface area contributed by atoms with Crippen molar-refractivity contribution >= 4 is 17.4 Å². The maximum Gasteiger partial charge on any atom is 0.169 e. The Hall–Kier alpha value is -1.74. The van der Waals surface area contributed by atoms with E-state index in [1.54, 1.807) is 18.3 Å². The summed E-state index contributed by atoms with van der Waals surface area (Å²) in [4.78, 5) is 16.0. The molecule has 1 aromatic heterocycles. The number of aromatic nitrogens is 1. The molecule has 2 rings (SSSR count). The minimum atomic E-state index is -0.509. The van der Waals surface area contributed by atoms with E-state index in [4.69, 9.17) is 11.6 Å². The molecule has 0 spiro atoms. The maximum absolute atomic E-state index is 13.3. The third-order valence-corrected chi connectivity index (χ3v) is 2.99. The van der Waals surface area contributed by atoms with Gasteiger partial charge in [0.2, 0.25) is 0 Å². The van der Waals surface area contributed by atoms with Gasteiger partial charge in [0.05, 0.1) is 5.02 Å². The molecule has 18 heavy (non-hydrogen) atoms. The van der Waals surface area contributed by atoms with Crippen LogP contribution < -0.4 is 0 Å². The number of rotatable bonds is 3. The quantitative estimate of drug-likeness (QED) is 0.792. The number of ketones is 1. The number of Topliss-reactive ketones (excluding diaryl/α,β-unsaturated/α-hetero) is 1. The van der Waals surface area contributed by atoms with Crippen LogP contribution in [0.5, 0.6) is 0 Å². The molecular formula is C14H11ClFNO. The first-order valence-corrected chi connectivity index (χ1v) is 5.83. The standard InChI is InChI=1S/C14H11ClFNO/c1-9-4-5-17-8-11(9)14(18)7-10-2-3-12(15)13(16)6-10/h2-6,8H,7H2,1H3. The van der Waals surface area contributed by atoms with E-state index in [2.05, 4.69) is 4.98 Å². The predicted octanol–water partition coefficient (Wildman–Crippen LogP) is 3.61. The van der Waals surface area contributed by atoms with Crippen LogP contribution in [0.3, 0.4) is 0 Å². The molecule has 0 aliphatic heterocycles. The Morgan fingerprint density at radius 2 is 2.17 bits per heavy atom. The Labute approximate surface area is 109 Å².